The molecule has 0 aliphatic carbocycles. The fourth-order valence-electron chi connectivity index (χ4n) is 4.02. The van der Waals surface area contributed by atoms with E-state index < -0.39 is 0 Å². The lowest BCUT2D eigenvalue weighted by Gasteiger charge is -2.35. The molecule has 2 aliphatic rings. The molecule has 9 nitrogen and oxygen atoms in total. The van der Waals surface area contributed by atoms with Crippen molar-refractivity contribution in [2.75, 3.05) is 33.8 Å². The molecule has 3 atom stereocenters. The Balaban J connectivity index is 1.36. The number of morpholine rings is 1. The van der Waals surface area contributed by atoms with Crippen LogP contribution in [-0.4, -0.2) is 87.8 Å². The molecule has 0 radical (unpaired) electrons. The number of ether oxygens (including phenoxy) is 1. The Hall–Kier alpha value is -2.39. The van der Waals surface area contributed by atoms with Crippen molar-refractivity contribution in [1.29, 1.82) is 0 Å². The van der Waals surface area contributed by atoms with Crippen molar-refractivity contribution in [2.45, 2.75) is 31.0 Å². The smallest absolute Gasteiger partial charge is 0.256 e. The Bertz CT molecular complexity index is 857. The van der Waals surface area contributed by atoms with Crippen molar-refractivity contribution >= 4 is 17.5 Å². The zero-order valence-electron chi connectivity index (χ0n) is 16.0. The highest BCUT2D eigenvalue weighted by Gasteiger charge is 2.38. The van der Waals surface area contributed by atoms with Crippen LogP contribution in [-0.2, 0) is 16.6 Å². The third-order valence-corrected chi connectivity index (χ3v) is 5.51. The molecule has 2 saturated heterocycles. The number of hydrogen-bond acceptors (Lipinski definition) is 5. The number of carbonyl (C=O) groups is 2. The molecule has 4 rings (SSSR count). The second-order valence-electron chi connectivity index (χ2n) is 7.70. The van der Waals surface area contributed by atoms with Gasteiger partial charge in [-0.3, -0.25) is 14.5 Å². The average molecular weight is 374 g/mol. The van der Waals surface area contributed by atoms with Crippen LogP contribution in [0.1, 0.15) is 23.2 Å². The van der Waals surface area contributed by atoms with Gasteiger partial charge in [0.25, 0.3) is 5.91 Å². The molecule has 0 aromatic carbocycles. The normalized spacial score (nSPS) is 25.5. The van der Waals surface area contributed by atoms with E-state index in [4.69, 9.17) is 4.74 Å². The summed E-state index contributed by atoms with van der Waals surface area (Å²) < 4.78 is 9.47. The van der Waals surface area contributed by atoms with Gasteiger partial charge in [0.1, 0.15) is 11.2 Å². The second-order valence-corrected chi connectivity index (χ2v) is 7.70. The fraction of sp³-hybridized carbons (Fsp3) is 0.611. The van der Waals surface area contributed by atoms with Crippen molar-refractivity contribution in [1.82, 2.24) is 29.3 Å². The first kappa shape index (κ1) is 18.0. The Kier molecular flexibility index (Phi) is 4.65. The quantitative estimate of drug-likeness (QED) is 0.796. The molecule has 0 bridgehead atoms. The highest BCUT2D eigenvalue weighted by atomic mass is 16.5. The zero-order valence-corrected chi connectivity index (χ0v) is 16.0. The predicted octanol–water partition coefficient (Wildman–Crippen LogP) is -0.277. The number of aryl methyl sites for hydroxylation is 1. The van der Waals surface area contributed by atoms with Crippen LogP contribution in [0.15, 0.2) is 18.6 Å². The van der Waals surface area contributed by atoms with Crippen molar-refractivity contribution < 1.29 is 14.3 Å². The van der Waals surface area contributed by atoms with Gasteiger partial charge in [-0.25, -0.2) is 4.52 Å². The maximum absolute atomic E-state index is 12.7. The van der Waals surface area contributed by atoms with E-state index in [0.29, 0.717) is 24.6 Å². The number of amides is 2. The van der Waals surface area contributed by atoms with Gasteiger partial charge in [-0.2, -0.15) is 5.10 Å². The molecule has 27 heavy (non-hydrogen) atoms. The fourth-order valence-corrected chi connectivity index (χ4v) is 4.02. The van der Waals surface area contributed by atoms with Gasteiger partial charge in [0.2, 0.25) is 5.91 Å². The van der Waals surface area contributed by atoms with Gasteiger partial charge in [-0.1, -0.05) is 0 Å². The molecule has 1 N–H and O–H groups in total. The van der Waals surface area contributed by atoms with Crippen LogP contribution in [0.5, 0.6) is 0 Å². The Morgan fingerprint density at radius 1 is 1.33 bits per heavy atom. The molecular weight excluding hydrogens is 348 g/mol. The monoisotopic (exact) mass is 374 g/mol. The van der Waals surface area contributed by atoms with Crippen molar-refractivity contribution in [3.05, 3.63) is 24.2 Å². The largest absolute Gasteiger partial charge is 0.375 e. The zero-order chi connectivity index (χ0) is 19.1. The van der Waals surface area contributed by atoms with Gasteiger partial charge in [-0.15, -0.1) is 0 Å². The van der Waals surface area contributed by atoms with E-state index in [-0.39, 0.29) is 24.0 Å². The number of carbonyl (C=O) groups excluding carboxylic acids is 2. The van der Waals surface area contributed by atoms with Gasteiger partial charge in [-0.05, 0) is 6.42 Å². The first-order valence-corrected chi connectivity index (χ1v) is 9.27. The van der Waals surface area contributed by atoms with Crippen LogP contribution in [0.3, 0.4) is 0 Å². The Morgan fingerprint density at radius 2 is 2.15 bits per heavy atom. The topological polar surface area (TPSA) is 84.1 Å². The van der Waals surface area contributed by atoms with E-state index in [0.717, 1.165) is 25.2 Å². The third kappa shape index (κ3) is 3.44. The Morgan fingerprint density at radius 3 is 2.93 bits per heavy atom. The van der Waals surface area contributed by atoms with E-state index in [1.54, 1.807) is 29.7 Å². The van der Waals surface area contributed by atoms with Gasteiger partial charge in [0.05, 0.1) is 25.3 Å². The lowest BCUT2D eigenvalue weighted by atomic mass is 10.1. The number of fused-ring (bicyclic) bond motifs is 2. The second kappa shape index (κ2) is 6.97. The predicted molar refractivity (Wildman–Crippen MR) is 98.4 cm³/mol. The Labute approximate surface area is 157 Å². The number of hydrogen-bond donors (Lipinski definition) is 1. The molecule has 146 valence electrons. The summed E-state index contributed by atoms with van der Waals surface area (Å²) in [5.41, 5.74) is 1.37. The first-order chi connectivity index (χ1) is 12.9. The molecule has 9 heteroatoms. The maximum Gasteiger partial charge on any atom is 0.256 e. The molecule has 2 aromatic rings. The van der Waals surface area contributed by atoms with Crippen LogP contribution < -0.4 is 5.32 Å². The van der Waals surface area contributed by atoms with Crippen molar-refractivity contribution in [3.8, 4) is 0 Å². The summed E-state index contributed by atoms with van der Waals surface area (Å²) in [7, 11) is 5.42. The summed E-state index contributed by atoms with van der Waals surface area (Å²) in [4.78, 5) is 28.6. The molecule has 2 amide bonds. The average Bonchev–Trinajstić information content (AvgIpc) is 3.30. The van der Waals surface area contributed by atoms with Gasteiger partial charge >= 0.3 is 0 Å². The minimum Gasteiger partial charge on any atom is -0.375 e. The molecule has 2 aliphatic heterocycles. The molecule has 0 spiro atoms. The summed E-state index contributed by atoms with van der Waals surface area (Å²) >= 11 is 0. The maximum atomic E-state index is 12.7. The molecule has 0 saturated carbocycles. The standard InChI is InChI=1S/C18H26N6O3/c1-21(2)16(25)7-14-10-23-9-12(6-13(23)11-27-14)20-17(26)15-8-19-24-5-4-22(3)18(15)24/h4-5,8,12-14H,6-7,9-11H2,1-3H3,(H,20,26)/t12-,13-,14-/m0/s1. The third-order valence-electron chi connectivity index (χ3n) is 5.51. The summed E-state index contributed by atoms with van der Waals surface area (Å²) in [5.74, 6) is -0.0211. The summed E-state index contributed by atoms with van der Waals surface area (Å²) in [6.07, 6.45) is 6.49. The van der Waals surface area contributed by atoms with Crippen LogP contribution in [0.4, 0.5) is 0 Å². The first-order valence-electron chi connectivity index (χ1n) is 9.27. The van der Waals surface area contributed by atoms with E-state index in [2.05, 4.69) is 15.3 Å². The number of rotatable bonds is 4. The number of nitrogens with zero attached hydrogens (tertiary/aromatic N) is 5. The minimum atomic E-state index is -0.100. The summed E-state index contributed by atoms with van der Waals surface area (Å²) in [6.45, 7) is 2.12. The lowest BCUT2D eigenvalue weighted by molar-refractivity contribution is -0.134. The van der Waals surface area contributed by atoms with Crippen molar-refractivity contribution in [2.24, 2.45) is 7.05 Å². The van der Waals surface area contributed by atoms with Crippen LogP contribution in [0, 0.1) is 0 Å². The van der Waals surface area contributed by atoms with E-state index >= 15 is 0 Å². The van der Waals surface area contributed by atoms with Crippen LogP contribution >= 0.6 is 0 Å². The van der Waals surface area contributed by atoms with Gasteiger partial charge in [0, 0.05) is 58.7 Å². The lowest BCUT2D eigenvalue weighted by Crippen LogP contribution is -2.47. The highest BCUT2D eigenvalue weighted by molar-refractivity contribution is 6.00. The van der Waals surface area contributed by atoms with Crippen LogP contribution in [0.2, 0.25) is 0 Å². The molecule has 4 heterocycles. The van der Waals surface area contributed by atoms with E-state index in [1.807, 2.05) is 24.0 Å². The van der Waals surface area contributed by atoms with E-state index in [1.165, 1.54) is 0 Å². The highest BCUT2D eigenvalue weighted by Crippen LogP contribution is 2.25. The molecule has 0 unspecified atom stereocenters. The SMILES string of the molecule is CN(C)C(=O)C[C@H]1CN2C[C@@H](NC(=O)c3cnn4ccn(C)c34)C[C@H]2CO1. The van der Waals surface area contributed by atoms with Crippen LogP contribution in [0.25, 0.3) is 5.65 Å². The van der Waals surface area contributed by atoms with E-state index in [9.17, 15) is 9.59 Å². The summed E-state index contributed by atoms with van der Waals surface area (Å²) in [5, 5.41) is 7.37. The number of aromatic nitrogens is 3. The summed E-state index contributed by atoms with van der Waals surface area (Å²) in [6, 6.07) is 0.368. The molecular formula is C18H26N6O3. The van der Waals surface area contributed by atoms with Gasteiger partial charge in [0.15, 0.2) is 0 Å². The molecule has 2 fully saturated rings. The minimum absolute atomic E-state index is 0.0737. The molecule has 2 aromatic heterocycles. The number of nitrogens with one attached hydrogen (secondary N) is 1. The van der Waals surface area contributed by atoms with Gasteiger partial charge < -0.3 is 19.5 Å². The van der Waals surface area contributed by atoms with Crippen molar-refractivity contribution in [3.63, 3.8) is 0 Å². The number of imidazole rings is 1.